The fourth-order valence-electron chi connectivity index (χ4n) is 3.51. The van der Waals surface area contributed by atoms with Crippen molar-refractivity contribution in [2.24, 2.45) is 5.14 Å². The molecule has 2 aromatic rings. The molecule has 7 nitrogen and oxygen atoms in total. The first kappa shape index (κ1) is 19.2. The fourth-order valence-corrected chi connectivity index (χ4v) is 4.11. The van der Waals surface area contributed by atoms with Gasteiger partial charge in [0, 0.05) is 5.56 Å². The minimum atomic E-state index is -4.12. The van der Waals surface area contributed by atoms with E-state index in [0.717, 1.165) is 29.5 Å². The number of hydrogen-bond acceptors (Lipinski definition) is 6. The van der Waals surface area contributed by atoms with Crippen LogP contribution in [0.5, 0.6) is 17.2 Å². The standard InChI is InChI=1S/C19H21NO6S/c1-24-15-10-12-6-4-5-11-9-14(21)16(27(20,22)23)8-7-13(11)17(12)19(26-3)18(15)25-2/h7-10H,4-6H2,1-3H3,(H2,20,22,23). The summed E-state index contributed by atoms with van der Waals surface area (Å²) in [5.41, 5.74) is 2.56. The van der Waals surface area contributed by atoms with Crippen LogP contribution in [0.4, 0.5) is 0 Å². The molecule has 0 spiro atoms. The van der Waals surface area contributed by atoms with Gasteiger partial charge in [-0.15, -0.1) is 0 Å². The van der Waals surface area contributed by atoms with Crippen molar-refractivity contribution in [3.8, 4) is 28.4 Å². The van der Waals surface area contributed by atoms with Crippen molar-refractivity contribution in [2.75, 3.05) is 21.3 Å². The monoisotopic (exact) mass is 391 g/mol. The lowest BCUT2D eigenvalue weighted by Crippen LogP contribution is -2.19. The molecule has 2 N–H and O–H groups in total. The quantitative estimate of drug-likeness (QED) is 0.853. The number of rotatable bonds is 4. The van der Waals surface area contributed by atoms with Crippen LogP contribution < -0.4 is 24.8 Å². The zero-order chi connectivity index (χ0) is 19.8. The van der Waals surface area contributed by atoms with Crippen LogP contribution >= 0.6 is 0 Å². The molecule has 0 saturated heterocycles. The van der Waals surface area contributed by atoms with Crippen molar-refractivity contribution in [3.63, 3.8) is 0 Å². The molecule has 144 valence electrons. The van der Waals surface area contributed by atoms with Crippen LogP contribution in [-0.4, -0.2) is 29.7 Å². The Kier molecular flexibility index (Phi) is 5.12. The van der Waals surface area contributed by atoms with Gasteiger partial charge in [0.15, 0.2) is 16.9 Å². The molecule has 1 aliphatic rings. The summed E-state index contributed by atoms with van der Waals surface area (Å²) in [6, 6.07) is 6.09. The number of nitrogens with two attached hydrogens (primary N) is 1. The van der Waals surface area contributed by atoms with Gasteiger partial charge in [-0.1, -0.05) is 6.07 Å². The second-order valence-electron chi connectivity index (χ2n) is 6.22. The Hall–Kier alpha value is -2.58. The van der Waals surface area contributed by atoms with E-state index in [1.54, 1.807) is 13.2 Å². The van der Waals surface area contributed by atoms with E-state index in [-0.39, 0.29) is 0 Å². The normalized spacial score (nSPS) is 13.2. The van der Waals surface area contributed by atoms with Crippen LogP contribution in [0, 0.1) is 0 Å². The smallest absolute Gasteiger partial charge is 0.241 e. The maximum Gasteiger partial charge on any atom is 0.241 e. The number of hydrogen-bond donors (Lipinski definition) is 1. The molecule has 8 heteroatoms. The highest BCUT2D eigenvalue weighted by Gasteiger charge is 2.25. The fraction of sp³-hybridized carbons (Fsp3) is 0.316. The van der Waals surface area contributed by atoms with E-state index in [0.29, 0.717) is 29.2 Å². The number of benzene rings is 1. The Bertz CT molecular complexity index is 1060. The van der Waals surface area contributed by atoms with Gasteiger partial charge in [-0.05, 0) is 54.2 Å². The second-order valence-corrected chi connectivity index (χ2v) is 7.75. The summed E-state index contributed by atoms with van der Waals surface area (Å²) in [6.45, 7) is 0. The lowest BCUT2D eigenvalue weighted by molar-refractivity contribution is 0.324. The lowest BCUT2D eigenvalue weighted by atomic mass is 9.96. The van der Waals surface area contributed by atoms with Gasteiger partial charge in [0.1, 0.15) is 4.90 Å². The van der Waals surface area contributed by atoms with Gasteiger partial charge >= 0.3 is 0 Å². The number of methoxy groups -OCH3 is 3. The van der Waals surface area contributed by atoms with Gasteiger partial charge in [0.05, 0.1) is 21.3 Å². The van der Waals surface area contributed by atoms with E-state index in [1.807, 2.05) is 6.07 Å². The van der Waals surface area contributed by atoms with Crippen LogP contribution in [0.25, 0.3) is 11.1 Å². The highest BCUT2D eigenvalue weighted by molar-refractivity contribution is 7.89. The average molecular weight is 391 g/mol. The van der Waals surface area contributed by atoms with Crippen LogP contribution in [0.1, 0.15) is 17.5 Å². The minimum Gasteiger partial charge on any atom is -0.493 e. The van der Waals surface area contributed by atoms with Crippen molar-refractivity contribution in [1.82, 2.24) is 0 Å². The Balaban J connectivity index is 2.43. The molecule has 0 bridgehead atoms. The average Bonchev–Trinajstić information content (AvgIpc) is 2.88. The van der Waals surface area contributed by atoms with Crippen molar-refractivity contribution < 1.29 is 22.6 Å². The Morgan fingerprint density at radius 2 is 1.59 bits per heavy atom. The Labute approximate surface area is 157 Å². The zero-order valence-electron chi connectivity index (χ0n) is 15.4. The molecule has 0 aliphatic heterocycles. The van der Waals surface area contributed by atoms with Crippen molar-refractivity contribution >= 4 is 10.0 Å². The van der Waals surface area contributed by atoms with Gasteiger partial charge < -0.3 is 14.2 Å². The predicted molar refractivity (Wildman–Crippen MR) is 101 cm³/mol. The molecule has 0 fully saturated rings. The minimum absolute atomic E-state index is 0.434. The van der Waals surface area contributed by atoms with E-state index in [2.05, 4.69) is 0 Å². The van der Waals surface area contributed by atoms with E-state index < -0.39 is 20.3 Å². The van der Waals surface area contributed by atoms with E-state index >= 15 is 0 Å². The number of fused-ring (bicyclic) bond motifs is 3. The number of aryl methyl sites for hydroxylation is 2. The van der Waals surface area contributed by atoms with Crippen LogP contribution in [0.3, 0.4) is 0 Å². The van der Waals surface area contributed by atoms with Gasteiger partial charge in [-0.2, -0.15) is 0 Å². The Morgan fingerprint density at radius 1 is 0.926 bits per heavy atom. The molecule has 0 saturated carbocycles. The topological polar surface area (TPSA) is 105 Å². The summed E-state index contributed by atoms with van der Waals surface area (Å²) >= 11 is 0. The van der Waals surface area contributed by atoms with Crippen LogP contribution in [0.2, 0.25) is 0 Å². The molecule has 0 radical (unpaired) electrons. The van der Waals surface area contributed by atoms with Gasteiger partial charge in [0.2, 0.25) is 15.8 Å². The molecule has 1 aliphatic carbocycles. The molecular weight excluding hydrogens is 370 g/mol. The van der Waals surface area contributed by atoms with Crippen molar-refractivity contribution in [3.05, 3.63) is 45.6 Å². The number of sulfonamides is 1. The molecule has 2 aromatic carbocycles. The second kappa shape index (κ2) is 7.21. The first-order valence-electron chi connectivity index (χ1n) is 8.34. The summed E-state index contributed by atoms with van der Waals surface area (Å²) in [7, 11) is 0.477. The van der Waals surface area contributed by atoms with Crippen LogP contribution in [0.15, 0.2) is 34.0 Å². The molecule has 0 heterocycles. The summed E-state index contributed by atoms with van der Waals surface area (Å²) in [5, 5.41) is 5.19. The zero-order valence-corrected chi connectivity index (χ0v) is 16.2. The van der Waals surface area contributed by atoms with Crippen molar-refractivity contribution in [2.45, 2.75) is 24.2 Å². The van der Waals surface area contributed by atoms with E-state index in [9.17, 15) is 13.2 Å². The lowest BCUT2D eigenvalue weighted by Gasteiger charge is -2.19. The summed E-state index contributed by atoms with van der Waals surface area (Å²) in [6.07, 6.45) is 2.15. The molecule has 0 atom stereocenters. The van der Waals surface area contributed by atoms with E-state index in [1.165, 1.54) is 26.4 Å². The van der Waals surface area contributed by atoms with Gasteiger partial charge in [-0.25, -0.2) is 13.6 Å². The maximum atomic E-state index is 12.4. The maximum absolute atomic E-state index is 12.4. The van der Waals surface area contributed by atoms with E-state index in [4.69, 9.17) is 19.3 Å². The molecule has 0 amide bonds. The largest absolute Gasteiger partial charge is 0.493 e. The number of primary sulfonamides is 1. The molecule has 27 heavy (non-hydrogen) atoms. The third kappa shape index (κ3) is 3.38. The third-order valence-electron chi connectivity index (χ3n) is 4.68. The number of ether oxygens (including phenoxy) is 3. The summed E-state index contributed by atoms with van der Waals surface area (Å²) < 4.78 is 40.0. The highest BCUT2D eigenvalue weighted by Crippen LogP contribution is 2.48. The molecule has 3 rings (SSSR count). The highest BCUT2D eigenvalue weighted by atomic mass is 32.2. The van der Waals surface area contributed by atoms with Gasteiger partial charge in [0.25, 0.3) is 0 Å². The van der Waals surface area contributed by atoms with Gasteiger partial charge in [-0.3, -0.25) is 4.79 Å². The molecule has 0 aromatic heterocycles. The molecular formula is C19H21NO6S. The summed E-state index contributed by atoms with van der Waals surface area (Å²) in [4.78, 5) is 12.0. The first-order chi connectivity index (χ1) is 12.8. The van der Waals surface area contributed by atoms with Crippen molar-refractivity contribution in [1.29, 1.82) is 0 Å². The molecule has 0 unspecified atom stereocenters. The first-order valence-corrected chi connectivity index (χ1v) is 9.88. The Morgan fingerprint density at radius 3 is 2.19 bits per heavy atom. The van der Waals surface area contributed by atoms with Crippen LogP contribution in [-0.2, 0) is 22.9 Å². The third-order valence-corrected chi connectivity index (χ3v) is 5.63. The summed E-state index contributed by atoms with van der Waals surface area (Å²) in [5.74, 6) is 1.46. The predicted octanol–water partition coefficient (Wildman–Crippen LogP) is 1.88. The SMILES string of the molecule is COc1cc2c(c(OC)c1OC)-c1ccc(S(N)(=O)=O)c(=O)cc1CCC2.